The van der Waals surface area contributed by atoms with Gasteiger partial charge < -0.3 is 5.73 Å². The van der Waals surface area contributed by atoms with Crippen LogP contribution in [0, 0.1) is 11.7 Å². The number of halogens is 1. The van der Waals surface area contributed by atoms with Crippen molar-refractivity contribution in [2.45, 2.75) is 31.9 Å². The van der Waals surface area contributed by atoms with Crippen molar-refractivity contribution in [1.29, 1.82) is 0 Å². The normalized spacial score (nSPS) is 14.0. The summed E-state index contributed by atoms with van der Waals surface area (Å²) < 4.78 is 13.4. The van der Waals surface area contributed by atoms with Crippen molar-refractivity contribution in [3.05, 3.63) is 113 Å². The van der Waals surface area contributed by atoms with Gasteiger partial charge in [0.1, 0.15) is 5.82 Å². The number of pyridine rings is 1. The lowest BCUT2D eigenvalue weighted by Crippen LogP contribution is -2.15. The van der Waals surface area contributed by atoms with E-state index >= 15 is 0 Å². The Hall–Kier alpha value is -3.02. The van der Waals surface area contributed by atoms with Crippen LogP contribution >= 0.6 is 11.8 Å². The smallest absolute Gasteiger partial charge is 0.123 e. The zero-order valence-corrected chi connectivity index (χ0v) is 20.6. The predicted octanol–water partition coefficient (Wildman–Crippen LogP) is 7.33. The van der Waals surface area contributed by atoms with Crippen LogP contribution in [0.4, 0.5) is 4.39 Å². The summed E-state index contributed by atoms with van der Waals surface area (Å²) in [7, 11) is 0. The average Bonchev–Trinajstić information content (AvgIpc) is 2.87. The van der Waals surface area contributed by atoms with Gasteiger partial charge in [-0.15, -0.1) is 11.8 Å². The largest absolute Gasteiger partial charge is 0.330 e. The maximum atomic E-state index is 13.4. The minimum atomic E-state index is -0.252. The number of hydrogen-bond acceptors (Lipinski definition) is 4. The van der Waals surface area contributed by atoms with Crippen LogP contribution in [0.1, 0.15) is 48.6 Å². The molecule has 2 N–H and O–H groups in total. The van der Waals surface area contributed by atoms with E-state index < -0.39 is 0 Å². The summed E-state index contributed by atoms with van der Waals surface area (Å²) in [5.74, 6) is 1.10. The zero-order valence-electron chi connectivity index (χ0n) is 19.8. The van der Waals surface area contributed by atoms with Crippen molar-refractivity contribution in [3.63, 3.8) is 0 Å². The minimum absolute atomic E-state index is 0.252. The van der Waals surface area contributed by atoms with E-state index in [2.05, 4.69) is 66.9 Å². The van der Waals surface area contributed by atoms with Crippen molar-refractivity contribution in [3.8, 4) is 0 Å². The summed E-state index contributed by atoms with van der Waals surface area (Å²) in [6.07, 6.45) is 6.82. The van der Waals surface area contributed by atoms with Gasteiger partial charge in [-0.3, -0.25) is 9.98 Å². The number of nitrogens with two attached hydrogens (primary N) is 1. The molecule has 5 heteroatoms. The second-order valence-electron chi connectivity index (χ2n) is 8.37. The summed E-state index contributed by atoms with van der Waals surface area (Å²) in [6, 6.07) is 20.9. The summed E-state index contributed by atoms with van der Waals surface area (Å²) in [5, 5.41) is 0. The van der Waals surface area contributed by atoms with Crippen molar-refractivity contribution in [1.82, 2.24) is 4.98 Å². The first-order valence-corrected chi connectivity index (χ1v) is 12.4. The Morgan fingerprint density at radius 3 is 2.53 bits per heavy atom. The molecule has 0 spiro atoms. The standard InChI is InChI=1S/C29H32FN3S/c1-21(16-23(18-31)17-22(2)28-10-6-7-15-33-28)27-9-5-4-8-25(27)20-34-29(19-32-3)24-11-13-26(30)14-12-24/h4-16,19,22-23H,3,17-18,20,31H2,1-2H3/b21-16+,29-19-. The Labute approximate surface area is 206 Å². The topological polar surface area (TPSA) is 51.3 Å². The predicted molar refractivity (Wildman–Crippen MR) is 145 cm³/mol. The van der Waals surface area contributed by atoms with Gasteiger partial charge in [-0.25, -0.2) is 4.39 Å². The summed E-state index contributed by atoms with van der Waals surface area (Å²) in [4.78, 5) is 9.41. The van der Waals surface area contributed by atoms with Gasteiger partial charge in [0.2, 0.25) is 0 Å². The molecule has 2 unspecified atom stereocenters. The van der Waals surface area contributed by atoms with E-state index in [1.165, 1.54) is 28.8 Å². The first kappa shape index (κ1) is 25.6. The number of nitrogens with zero attached hydrogens (tertiary/aromatic N) is 2. The molecular weight excluding hydrogens is 441 g/mol. The fourth-order valence-corrected chi connectivity index (χ4v) is 5.01. The van der Waals surface area contributed by atoms with Crippen LogP contribution in [-0.2, 0) is 5.75 Å². The fraction of sp³-hybridized carbons (Fsp3) is 0.241. The molecule has 0 aliphatic heterocycles. The highest BCUT2D eigenvalue weighted by molar-refractivity contribution is 8.07. The molecule has 0 saturated heterocycles. The number of thioether (sulfide) groups is 1. The maximum Gasteiger partial charge on any atom is 0.123 e. The number of aliphatic imine (C=N–C) groups is 1. The lowest BCUT2D eigenvalue weighted by molar-refractivity contribution is 0.531. The molecule has 0 radical (unpaired) electrons. The van der Waals surface area contributed by atoms with Crippen molar-refractivity contribution >= 4 is 29.0 Å². The summed E-state index contributed by atoms with van der Waals surface area (Å²) in [6.45, 7) is 8.54. The second-order valence-corrected chi connectivity index (χ2v) is 9.38. The van der Waals surface area contributed by atoms with Gasteiger partial charge >= 0.3 is 0 Å². The highest BCUT2D eigenvalue weighted by atomic mass is 32.2. The third kappa shape index (κ3) is 7.24. The Bertz CT molecular complexity index is 1120. The van der Waals surface area contributed by atoms with E-state index in [0.717, 1.165) is 28.3 Å². The van der Waals surface area contributed by atoms with Gasteiger partial charge in [-0.05, 0) is 85.0 Å². The molecule has 176 valence electrons. The van der Waals surface area contributed by atoms with E-state index in [1.54, 1.807) is 30.1 Å². The van der Waals surface area contributed by atoms with E-state index in [-0.39, 0.29) is 11.7 Å². The molecule has 0 aliphatic carbocycles. The number of benzene rings is 2. The van der Waals surface area contributed by atoms with Crippen LogP contribution in [-0.4, -0.2) is 18.2 Å². The van der Waals surface area contributed by atoms with Gasteiger partial charge in [0.25, 0.3) is 0 Å². The molecule has 3 aromatic rings. The maximum absolute atomic E-state index is 13.4. The fourth-order valence-electron chi connectivity index (χ4n) is 4.00. The molecule has 0 amide bonds. The highest BCUT2D eigenvalue weighted by Gasteiger charge is 2.14. The van der Waals surface area contributed by atoms with Gasteiger partial charge in [0, 0.05) is 28.7 Å². The number of hydrogen-bond donors (Lipinski definition) is 1. The number of rotatable bonds is 11. The molecule has 3 nitrogen and oxygen atoms in total. The summed E-state index contributed by atoms with van der Waals surface area (Å²) in [5.41, 5.74) is 11.8. The van der Waals surface area contributed by atoms with Crippen LogP contribution < -0.4 is 5.73 Å². The Morgan fingerprint density at radius 1 is 1.12 bits per heavy atom. The molecule has 3 rings (SSSR count). The van der Waals surface area contributed by atoms with Crippen molar-refractivity contribution < 1.29 is 4.39 Å². The molecule has 1 heterocycles. The molecule has 1 aromatic heterocycles. The molecule has 0 saturated carbocycles. The lowest BCUT2D eigenvalue weighted by Gasteiger charge is -2.18. The van der Waals surface area contributed by atoms with Crippen LogP contribution in [0.15, 0.2) is 90.2 Å². The van der Waals surface area contributed by atoms with Crippen LogP contribution in [0.3, 0.4) is 0 Å². The Morgan fingerprint density at radius 2 is 1.85 bits per heavy atom. The van der Waals surface area contributed by atoms with Gasteiger partial charge in [-0.2, -0.15) is 0 Å². The van der Waals surface area contributed by atoms with E-state index in [0.29, 0.717) is 12.5 Å². The SMILES string of the molecule is C=N/C=C(\SCc1ccccc1/C(C)=C/C(CN)CC(C)c1ccccn1)c1ccc(F)cc1. The molecule has 34 heavy (non-hydrogen) atoms. The Balaban J connectivity index is 1.76. The Kier molecular flexibility index (Phi) is 9.80. The van der Waals surface area contributed by atoms with E-state index in [9.17, 15) is 4.39 Å². The van der Waals surface area contributed by atoms with Crippen LogP contribution in [0.5, 0.6) is 0 Å². The van der Waals surface area contributed by atoms with Crippen LogP contribution in [0.25, 0.3) is 10.5 Å². The second kappa shape index (κ2) is 13.0. The monoisotopic (exact) mass is 473 g/mol. The van der Waals surface area contributed by atoms with E-state index in [1.807, 2.05) is 18.3 Å². The lowest BCUT2D eigenvalue weighted by atomic mass is 9.90. The van der Waals surface area contributed by atoms with Gasteiger partial charge in [-0.1, -0.05) is 55.5 Å². The van der Waals surface area contributed by atoms with E-state index in [4.69, 9.17) is 5.73 Å². The average molecular weight is 474 g/mol. The van der Waals surface area contributed by atoms with Crippen LogP contribution in [0.2, 0.25) is 0 Å². The van der Waals surface area contributed by atoms with Gasteiger partial charge in [0.15, 0.2) is 0 Å². The quantitative estimate of drug-likeness (QED) is 0.297. The molecule has 2 aromatic carbocycles. The van der Waals surface area contributed by atoms with Crippen molar-refractivity contribution in [2.24, 2.45) is 16.6 Å². The number of aromatic nitrogens is 1. The first-order valence-electron chi connectivity index (χ1n) is 11.4. The molecule has 0 bridgehead atoms. The summed E-state index contributed by atoms with van der Waals surface area (Å²) >= 11 is 1.67. The minimum Gasteiger partial charge on any atom is -0.330 e. The third-order valence-corrected chi connectivity index (χ3v) is 6.91. The zero-order chi connectivity index (χ0) is 24.3. The first-order chi connectivity index (χ1) is 16.5. The highest BCUT2D eigenvalue weighted by Crippen LogP contribution is 2.33. The molecule has 0 aliphatic rings. The molecule has 0 fully saturated rings. The molecule has 2 atom stereocenters. The third-order valence-electron chi connectivity index (χ3n) is 5.80. The number of allylic oxidation sites excluding steroid dienone is 1. The van der Waals surface area contributed by atoms with Gasteiger partial charge in [0.05, 0.1) is 0 Å². The van der Waals surface area contributed by atoms with Crippen molar-refractivity contribution in [2.75, 3.05) is 6.54 Å². The molecular formula is C29H32FN3S.